The summed E-state index contributed by atoms with van der Waals surface area (Å²) in [6.07, 6.45) is 3.09. The Balaban J connectivity index is 2.29. The van der Waals surface area contributed by atoms with Crippen LogP contribution in [0.1, 0.15) is 53.9 Å². The summed E-state index contributed by atoms with van der Waals surface area (Å²) in [6, 6.07) is 0. The first-order valence-electron chi connectivity index (χ1n) is 9.01. The molecule has 1 heterocycles. The Morgan fingerprint density at radius 3 is 2.09 bits per heavy atom. The van der Waals surface area contributed by atoms with Crippen molar-refractivity contribution < 1.29 is 23.1 Å². The van der Waals surface area contributed by atoms with Crippen LogP contribution in [0.25, 0.3) is 0 Å². The van der Waals surface area contributed by atoms with Crippen LogP contribution in [-0.2, 0) is 23.1 Å². The van der Waals surface area contributed by atoms with Gasteiger partial charge in [-0.25, -0.2) is 0 Å². The molecule has 0 aromatic heterocycles. The fourth-order valence-electron chi connectivity index (χ4n) is 2.46. The van der Waals surface area contributed by atoms with Crippen molar-refractivity contribution >= 4 is 9.28 Å². The molecular formula is C17H35O5Si. The monoisotopic (exact) mass is 347 g/mol. The van der Waals surface area contributed by atoms with E-state index in [1.54, 1.807) is 0 Å². The Bertz CT molecular complexity index is 293. The lowest BCUT2D eigenvalue weighted by atomic mass is 9.90. The second-order valence-electron chi connectivity index (χ2n) is 6.39. The van der Waals surface area contributed by atoms with E-state index in [-0.39, 0.29) is 17.2 Å². The Morgan fingerprint density at radius 2 is 1.65 bits per heavy atom. The van der Waals surface area contributed by atoms with Crippen LogP contribution in [-0.4, -0.2) is 60.8 Å². The van der Waals surface area contributed by atoms with E-state index in [2.05, 4.69) is 20.8 Å². The largest absolute Gasteiger partial charge is 0.416 e. The van der Waals surface area contributed by atoms with Crippen LogP contribution in [0.5, 0.6) is 0 Å². The van der Waals surface area contributed by atoms with Crippen molar-refractivity contribution in [3.8, 4) is 0 Å². The quantitative estimate of drug-likeness (QED) is 0.452. The van der Waals surface area contributed by atoms with Gasteiger partial charge < -0.3 is 23.1 Å². The number of ether oxygens (including phenoxy) is 3. The molecule has 23 heavy (non-hydrogen) atoms. The van der Waals surface area contributed by atoms with Gasteiger partial charge in [-0.1, -0.05) is 20.8 Å². The summed E-state index contributed by atoms with van der Waals surface area (Å²) in [6.45, 7) is 14.9. The molecule has 5 nitrogen and oxygen atoms in total. The zero-order chi connectivity index (χ0) is 17.1. The van der Waals surface area contributed by atoms with Gasteiger partial charge in [0.2, 0.25) is 0 Å². The van der Waals surface area contributed by atoms with Crippen LogP contribution in [0.15, 0.2) is 0 Å². The third kappa shape index (κ3) is 7.62. The van der Waals surface area contributed by atoms with E-state index in [4.69, 9.17) is 23.1 Å². The lowest BCUT2D eigenvalue weighted by molar-refractivity contribution is -0.151. The Labute approximate surface area is 143 Å². The molecule has 1 fully saturated rings. The van der Waals surface area contributed by atoms with E-state index in [1.807, 2.05) is 13.8 Å². The Morgan fingerprint density at radius 1 is 1.00 bits per heavy atom. The van der Waals surface area contributed by atoms with Gasteiger partial charge in [-0.05, 0) is 33.1 Å². The standard InChI is InChI=1S/C17H35O5Si/c1-6-15(20-14-17(5)12-18-13-17)10-11-19-16(7-2)23(21-8-3)22-9-4/h15-16H,6-14H2,1-5H3. The number of rotatable bonds is 14. The number of hydrogen-bond acceptors (Lipinski definition) is 5. The molecule has 0 amide bonds. The maximum atomic E-state index is 6.05. The summed E-state index contributed by atoms with van der Waals surface area (Å²) in [4.78, 5) is 0. The molecule has 0 aromatic carbocycles. The molecule has 0 aliphatic carbocycles. The minimum absolute atomic E-state index is 0.0787. The molecule has 2 unspecified atom stereocenters. The second kappa shape index (κ2) is 11.6. The summed E-state index contributed by atoms with van der Waals surface area (Å²) in [5.41, 5.74) is 0.287. The van der Waals surface area contributed by atoms with Crippen LogP contribution in [0, 0.1) is 5.41 Å². The second-order valence-corrected chi connectivity index (χ2v) is 8.25. The maximum absolute atomic E-state index is 6.05. The van der Waals surface area contributed by atoms with Crippen LogP contribution < -0.4 is 0 Å². The smallest absolute Gasteiger partial charge is 0.392 e. The van der Waals surface area contributed by atoms with E-state index < -0.39 is 9.28 Å². The molecule has 1 saturated heterocycles. The van der Waals surface area contributed by atoms with Gasteiger partial charge in [0.25, 0.3) is 0 Å². The van der Waals surface area contributed by atoms with E-state index >= 15 is 0 Å². The molecule has 1 aliphatic rings. The Hall–Kier alpha value is 0.0169. The third-order valence-corrected chi connectivity index (χ3v) is 6.24. The summed E-state index contributed by atoms with van der Waals surface area (Å²) in [7, 11) is -1.35. The van der Waals surface area contributed by atoms with Crippen molar-refractivity contribution in [1.82, 2.24) is 0 Å². The first-order chi connectivity index (χ1) is 11.1. The molecule has 0 saturated carbocycles. The highest BCUT2D eigenvalue weighted by Gasteiger charge is 2.34. The first-order valence-corrected chi connectivity index (χ1v) is 10.4. The molecule has 137 valence electrons. The van der Waals surface area contributed by atoms with Crippen LogP contribution in [0.4, 0.5) is 0 Å². The minimum atomic E-state index is -1.35. The van der Waals surface area contributed by atoms with Crippen LogP contribution in [0.3, 0.4) is 0 Å². The van der Waals surface area contributed by atoms with Crippen molar-refractivity contribution in [2.45, 2.75) is 65.7 Å². The van der Waals surface area contributed by atoms with Gasteiger partial charge in [-0.3, -0.25) is 0 Å². The minimum Gasteiger partial charge on any atom is -0.392 e. The molecule has 0 N–H and O–H groups in total. The molecule has 0 bridgehead atoms. The van der Waals surface area contributed by atoms with Crippen LogP contribution >= 0.6 is 0 Å². The summed E-state index contributed by atoms with van der Waals surface area (Å²) < 4.78 is 28.9. The Kier molecular flexibility index (Phi) is 10.6. The lowest BCUT2D eigenvalue weighted by Gasteiger charge is -2.38. The highest BCUT2D eigenvalue weighted by atomic mass is 28.3. The zero-order valence-corrected chi connectivity index (χ0v) is 16.6. The number of hydrogen-bond donors (Lipinski definition) is 0. The van der Waals surface area contributed by atoms with Gasteiger partial charge in [-0.2, -0.15) is 0 Å². The van der Waals surface area contributed by atoms with Crippen molar-refractivity contribution in [3.63, 3.8) is 0 Å². The van der Waals surface area contributed by atoms with E-state index in [0.29, 0.717) is 19.8 Å². The molecular weight excluding hydrogens is 312 g/mol. The molecule has 2 atom stereocenters. The van der Waals surface area contributed by atoms with Gasteiger partial charge in [0.05, 0.1) is 25.9 Å². The maximum Gasteiger partial charge on any atom is 0.416 e. The average Bonchev–Trinajstić information content (AvgIpc) is 2.52. The molecule has 1 rings (SSSR count). The summed E-state index contributed by atoms with van der Waals surface area (Å²) in [5, 5.41) is 0. The predicted octanol–water partition coefficient (Wildman–Crippen LogP) is 3.10. The molecule has 6 heteroatoms. The van der Waals surface area contributed by atoms with Crippen molar-refractivity contribution in [1.29, 1.82) is 0 Å². The summed E-state index contributed by atoms with van der Waals surface area (Å²) >= 11 is 0. The highest BCUT2D eigenvalue weighted by molar-refractivity contribution is 6.46. The van der Waals surface area contributed by atoms with Gasteiger partial charge in [-0.15, -0.1) is 0 Å². The van der Waals surface area contributed by atoms with Gasteiger partial charge >= 0.3 is 9.28 Å². The molecule has 0 spiro atoms. The zero-order valence-electron chi connectivity index (χ0n) is 15.6. The first kappa shape index (κ1) is 21.1. The fourth-order valence-corrected chi connectivity index (χ4v) is 4.08. The molecule has 1 aliphatic heterocycles. The van der Waals surface area contributed by atoms with Gasteiger partial charge in [0, 0.05) is 25.2 Å². The van der Waals surface area contributed by atoms with E-state index in [9.17, 15) is 0 Å². The SMILES string of the molecule is CCO[Si](OCC)C(CC)OCCC(CC)OCC1(C)COC1. The van der Waals surface area contributed by atoms with E-state index in [0.717, 1.165) is 39.1 Å². The van der Waals surface area contributed by atoms with E-state index in [1.165, 1.54) is 0 Å². The van der Waals surface area contributed by atoms with Crippen molar-refractivity contribution in [3.05, 3.63) is 0 Å². The highest BCUT2D eigenvalue weighted by Crippen LogP contribution is 2.27. The fraction of sp³-hybridized carbons (Fsp3) is 1.00. The molecule has 1 radical (unpaired) electrons. The van der Waals surface area contributed by atoms with Crippen LogP contribution in [0.2, 0.25) is 0 Å². The van der Waals surface area contributed by atoms with Gasteiger partial charge in [0.1, 0.15) is 5.73 Å². The predicted molar refractivity (Wildman–Crippen MR) is 92.6 cm³/mol. The van der Waals surface area contributed by atoms with Crippen molar-refractivity contribution in [2.75, 3.05) is 39.6 Å². The topological polar surface area (TPSA) is 46.2 Å². The lowest BCUT2D eigenvalue weighted by Crippen LogP contribution is -2.44. The van der Waals surface area contributed by atoms with Crippen molar-refractivity contribution in [2.24, 2.45) is 5.41 Å². The summed E-state index contributed by atoms with van der Waals surface area (Å²) in [5.74, 6) is 0. The normalized spacial score (nSPS) is 19.6. The molecule has 0 aromatic rings. The third-order valence-electron chi connectivity index (χ3n) is 3.99. The average molecular weight is 348 g/mol. The van der Waals surface area contributed by atoms with Gasteiger partial charge in [0.15, 0.2) is 0 Å².